The molecule has 2 aromatic rings. The summed E-state index contributed by atoms with van der Waals surface area (Å²) in [5, 5.41) is 0. The molecule has 2 heterocycles. The number of hydrogen-bond donors (Lipinski definition) is 1. The number of rotatable bonds is 2. The summed E-state index contributed by atoms with van der Waals surface area (Å²) in [5.74, 6) is -0.191. The number of pyridine rings is 1. The van der Waals surface area contributed by atoms with Gasteiger partial charge in [-0.05, 0) is 49.1 Å². The number of nitrogens with two attached hydrogens (primary N) is 1. The van der Waals surface area contributed by atoms with E-state index in [4.69, 9.17) is 5.73 Å². The molecule has 0 fully saturated rings. The number of anilines is 2. The van der Waals surface area contributed by atoms with Gasteiger partial charge in [0.05, 0.1) is 12.2 Å². The highest BCUT2D eigenvalue weighted by molar-refractivity contribution is 5.59. The number of benzene rings is 1. The monoisotopic (exact) mass is 271 g/mol. The first-order valence-corrected chi connectivity index (χ1v) is 6.80. The van der Waals surface area contributed by atoms with Crippen molar-refractivity contribution in [2.24, 2.45) is 0 Å². The molecule has 20 heavy (non-hydrogen) atoms. The van der Waals surface area contributed by atoms with Gasteiger partial charge >= 0.3 is 0 Å². The minimum atomic E-state index is -0.191. The van der Waals surface area contributed by atoms with Crippen molar-refractivity contribution < 1.29 is 4.39 Å². The quantitative estimate of drug-likeness (QED) is 0.913. The SMILES string of the molecule is Cc1cnc(CN2CCc3ccc(F)cc32)c(C)c1N. The van der Waals surface area contributed by atoms with Crippen LogP contribution in [0.2, 0.25) is 0 Å². The summed E-state index contributed by atoms with van der Waals surface area (Å²) < 4.78 is 13.4. The second-order valence-corrected chi connectivity index (χ2v) is 5.37. The lowest BCUT2D eigenvalue weighted by Crippen LogP contribution is -2.21. The summed E-state index contributed by atoms with van der Waals surface area (Å²) in [6.45, 7) is 5.52. The lowest BCUT2D eigenvalue weighted by Gasteiger charge is -2.21. The van der Waals surface area contributed by atoms with Crippen LogP contribution < -0.4 is 10.6 Å². The fraction of sp³-hybridized carbons (Fsp3) is 0.312. The molecule has 2 N–H and O–H groups in total. The molecule has 0 unspecified atom stereocenters. The van der Waals surface area contributed by atoms with Crippen molar-refractivity contribution in [1.82, 2.24) is 4.98 Å². The van der Waals surface area contributed by atoms with Crippen LogP contribution in [0.4, 0.5) is 15.8 Å². The molecule has 1 aliphatic heterocycles. The number of aromatic nitrogens is 1. The molecule has 0 aliphatic carbocycles. The van der Waals surface area contributed by atoms with Crippen molar-refractivity contribution in [3.05, 3.63) is 52.6 Å². The summed E-state index contributed by atoms with van der Waals surface area (Å²) in [4.78, 5) is 6.65. The summed E-state index contributed by atoms with van der Waals surface area (Å²) in [6, 6.07) is 5.00. The third kappa shape index (κ3) is 2.11. The third-order valence-corrected chi connectivity index (χ3v) is 4.06. The van der Waals surface area contributed by atoms with Gasteiger partial charge in [-0.3, -0.25) is 4.98 Å². The molecule has 0 saturated heterocycles. The smallest absolute Gasteiger partial charge is 0.125 e. The molecule has 3 rings (SSSR count). The van der Waals surface area contributed by atoms with E-state index < -0.39 is 0 Å². The van der Waals surface area contributed by atoms with Crippen LogP contribution in [0.15, 0.2) is 24.4 Å². The summed E-state index contributed by atoms with van der Waals surface area (Å²) in [5.41, 5.74) is 12.0. The maximum atomic E-state index is 13.4. The molecule has 0 spiro atoms. The molecule has 1 aliphatic rings. The van der Waals surface area contributed by atoms with Crippen LogP contribution in [-0.2, 0) is 13.0 Å². The summed E-state index contributed by atoms with van der Waals surface area (Å²) in [7, 11) is 0. The number of nitrogen functional groups attached to an aromatic ring is 1. The maximum absolute atomic E-state index is 13.4. The fourth-order valence-corrected chi connectivity index (χ4v) is 2.72. The van der Waals surface area contributed by atoms with Crippen molar-refractivity contribution in [3.8, 4) is 0 Å². The Morgan fingerprint density at radius 3 is 2.95 bits per heavy atom. The number of fused-ring (bicyclic) bond motifs is 1. The Balaban J connectivity index is 1.91. The highest BCUT2D eigenvalue weighted by Crippen LogP contribution is 2.30. The standard InChI is InChI=1S/C16H18FN3/c1-10-8-19-14(11(2)16(10)18)9-20-6-5-12-3-4-13(17)7-15(12)20/h3-4,7-8H,5-6,9H2,1-2H3,(H2,18,19). The molecule has 3 nitrogen and oxygen atoms in total. The highest BCUT2D eigenvalue weighted by atomic mass is 19.1. The lowest BCUT2D eigenvalue weighted by molar-refractivity contribution is 0.627. The van der Waals surface area contributed by atoms with Gasteiger partial charge in [-0.15, -0.1) is 0 Å². The van der Waals surface area contributed by atoms with Crippen LogP contribution in [-0.4, -0.2) is 11.5 Å². The van der Waals surface area contributed by atoms with Gasteiger partial charge in [0.25, 0.3) is 0 Å². The van der Waals surface area contributed by atoms with E-state index in [-0.39, 0.29) is 5.82 Å². The predicted octanol–water partition coefficient (Wildman–Crippen LogP) is 2.98. The highest BCUT2D eigenvalue weighted by Gasteiger charge is 2.21. The molecule has 1 aromatic heterocycles. The van der Waals surface area contributed by atoms with E-state index in [1.165, 1.54) is 11.6 Å². The molecular formula is C16H18FN3. The van der Waals surface area contributed by atoms with Crippen molar-refractivity contribution in [2.75, 3.05) is 17.2 Å². The first-order chi connectivity index (χ1) is 9.56. The van der Waals surface area contributed by atoms with Gasteiger partial charge in [0.1, 0.15) is 5.82 Å². The van der Waals surface area contributed by atoms with Crippen molar-refractivity contribution in [2.45, 2.75) is 26.8 Å². The van der Waals surface area contributed by atoms with Crippen molar-refractivity contribution >= 4 is 11.4 Å². The van der Waals surface area contributed by atoms with Gasteiger partial charge in [0, 0.05) is 24.1 Å². The molecule has 0 radical (unpaired) electrons. The van der Waals surface area contributed by atoms with E-state index >= 15 is 0 Å². The Hall–Kier alpha value is -2.10. The minimum Gasteiger partial charge on any atom is -0.398 e. The Morgan fingerprint density at radius 1 is 1.35 bits per heavy atom. The molecule has 0 amide bonds. The Labute approximate surface area is 118 Å². The first kappa shape index (κ1) is 12.9. The Kier molecular flexibility index (Phi) is 3.08. The lowest BCUT2D eigenvalue weighted by atomic mass is 10.1. The van der Waals surface area contributed by atoms with Gasteiger partial charge in [-0.25, -0.2) is 4.39 Å². The maximum Gasteiger partial charge on any atom is 0.125 e. The number of halogens is 1. The van der Waals surface area contributed by atoms with Crippen LogP contribution in [0.1, 0.15) is 22.4 Å². The van der Waals surface area contributed by atoms with E-state index in [9.17, 15) is 4.39 Å². The van der Waals surface area contributed by atoms with Gasteiger partial charge in [0.15, 0.2) is 0 Å². The zero-order valence-electron chi connectivity index (χ0n) is 11.8. The molecule has 4 heteroatoms. The Bertz CT molecular complexity index is 667. The summed E-state index contributed by atoms with van der Waals surface area (Å²) in [6.07, 6.45) is 2.76. The van der Waals surface area contributed by atoms with Crippen LogP contribution in [0.5, 0.6) is 0 Å². The number of nitrogens with zero attached hydrogens (tertiary/aromatic N) is 2. The molecule has 0 atom stereocenters. The van der Waals surface area contributed by atoms with E-state index in [2.05, 4.69) is 9.88 Å². The number of hydrogen-bond acceptors (Lipinski definition) is 3. The van der Waals surface area contributed by atoms with E-state index in [1.807, 2.05) is 19.9 Å². The Morgan fingerprint density at radius 2 is 2.15 bits per heavy atom. The molecule has 0 saturated carbocycles. The van der Waals surface area contributed by atoms with E-state index in [1.54, 1.807) is 12.3 Å². The average molecular weight is 271 g/mol. The largest absolute Gasteiger partial charge is 0.398 e. The van der Waals surface area contributed by atoms with Crippen molar-refractivity contribution in [1.29, 1.82) is 0 Å². The van der Waals surface area contributed by atoms with Crippen LogP contribution in [0.25, 0.3) is 0 Å². The fourth-order valence-electron chi connectivity index (χ4n) is 2.72. The zero-order valence-corrected chi connectivity index (χ0v) is 11.8. The predicted molar refractivity (Wildman–Crippen MR) is 79.3 cm³/mol. The zero-order chi connectivity index (χ0) is 14.3. The number of aryl methyl sites for hydroxylation is 1. The molecule has 0 bridgehead atoms. The first-order valence-electron chi connectivity index (χ1n) is 6.80. The van der Waals surface area contributed by atoms with E-state index in [0.29, 0.717) is 6.54 Å². The topological polar surface area (TPSA) is 42.2 Å². The minimum absolute atomic E-state index is 0.191. The van der Waals surface area contributed by atoms with Gasteiger partial charge in [0.2, 0.25) is 0 Å². The second kappa shape index (κ2) is 4.78. The normalized spacial score (nSPS) is 13.7. The van der Waals surface area contributed by atoms with Gasteiger partial charge < -0.3 is 10.6 Å². The van der Waals surface area contributed by atoms with Crippen molar-refractivity contribution in [3.63, 3.8) is 0 Å². The van der Waals surface area contributed by atoms with Crippen LogP contribution in [0, 0.1) is 19.7 Å². The third-order valence-electron chi connectivity index (χ3n) is 4.06. The molecule has 104 valence electrons. The van der Waals surface area contributed by atoms with Gasteiger partial charge in [-0.2, -0.15) is 0 Å². The summed E-state index contributed by atoms with van der Waals surface area (Å²) >= 11 is 0. The van der Waals surface area contributed by atoms with Gasteiger partial charge in [-0.1, -0.05) is 6.07 Å². The van der Waals surface area contributed by atoms with Crippen LogP contribution in [0.3, 0.4) is 0 Å². The molecule has 1 aromatic carbocycles. The average Bonchev–Trinajstić information content (AvgIpc) is 2.82. The van der Waals surface area contributed by atoms with E-state index in [0.717, 1.165) is 41.2 Å². The second-order valence-electron chi connectivity index (χ2n) is 5.37. The van der Waals surface area contributed by atoms with Crippen LogP contribution >= 0.6 is 0 Å². The molecular weight excluding hydrogens is 253 g/mol.